The molecule has 148 valence electrons. The van der Waals surface area contributed by atoms with E-state index >= 15 is 0 Å². The van der Waals surface area contributed by atoms with Crippen LogP contribution in [-0.2, 0) is 36.9 Å². The molecule has 0 fully saturated rings. The molecule has 0 spiro atoms. The van der Waals surface area contributed by atoms with Crippen molar-refractivity contribution in [3.8, 4) is 0 Å². The van der Waals surface area contributed by atoms with Gasteiger partial charge in [-0.15, -0.1) is 0 Å². The number of amides is 1. The summed E-state index contributed by atoms with van der Waals surface area (Å²) < 4.78 is 10.4. The van der Waals surface area contributed by atoms with E-state index in [0.717, 1.165) is 11.1 Å². The van der Waals surface area contributed by atoms with E-state index in [1.165, 1.54) is 25.8 Å². The molecule has 2 rings (SSSR count). The van der Waals surface area contributed by atoms with Crippen molar-refractivity contribution in [2.45, 2.75) is 39.0 Å². The van der Waals surface area contributed by atoms with Gasteiger partial charge < -0.3 is 14.4 Å². The molecule has 6 heteroatoms. The van der Waals surface area contributed by atoms with Gasteiger partial charge >= 0.3 is 11.9 Å². The summed E-state index contributed by atoms with van der Waals surface area (Å²) in [4.78, 5) is 37.9. The number of nitrogens with zero attached hydrogens (tertiary/aromatic N) is 1. The Kier molecular flexibility index (Phi) is 7.75. The first-order valence-electron chi connectivity index (χ1n) is 9.07. The van der Waals surface area contributed by atoms with Gasteiger partial charge in [-0.25, -0.2) is 4.79 Å². The molecule has 2 atom stereocenters. The highest BCUT2D eigenvalue weighted by Crippen LogP contribution is 2.13. The molecule has 28 heavy (non-hydrogen) atoms. The number of likely N-dealkylation sites (N-methyl/N-ethyl adjacent to an activating group) is 1. The quantitative estimate of drug-likeness (QED) is 0.656. The van der Waals surface area contributed by atoms with Gasteiger partial charge in [-0.05, 0) is 18.1 Å². The Morgan fingerprint density at radius 3 is 2.00 bits per heavy atom. The molecule has 0 aliphatic carbocycles. The normalized spacial score (nSPS) is 12.5. The van der Waals surface area contributed by atoms with Gasteiger partial charge in [-0.1, -0.05) is 60.7 Å². The maximum atomic E-state index is 12.8. The zero-order chi connectivity index (χ0) is 20.5. The third-order valence-corrected chi connectivity index (χ3v) is 4.27. The lowest BCUT2D eigenvalue weighted by atomic mass is 10.0. The number of ether oxygens (including phenoxy) is 2. The fourth-order valence-electron chi connectivity index (χ4n) is 2.78. The Balaban J connectivity index is 2.14. The van der Waals surface area contributed by atoms with Crippen LogP contribution in [0, 0.1) is 0 Å². The summed E-state index contributed by atoms with van der Waals surface area (Å²) in [5.74, 6) is -1.54. The van der Waals surface area contributed by atoms with E-state index in [9.17, 15) is 14.4 Å². The third kappa shape index (κ3) is 6.23. The minimum absolute atomic E-state index is 0.118. The first-order valence-corrected chi connectivity index (χ1v) is 9.07. The van der Waals surface area contributed by atoms with Crippen molar-refractivity contribution in [2.75, 3.05) is 7.05 Å². The number of hydrogen-bond acceptors (Lipinski definition) is 5. The van der Waals surface area contributed by atoms with Crippen molar-refractivity contribution >= 4 is 17.8 Å². The number of carbonyl (C=O) groups is 3. The van der Waals surface area contributed by atoms with Crippen molar-refractivity contribution in [1.29, 1.82) is 0 Å². The van der Waals surface area contributed by atoms with Gasteiger partial charge in [0, 0.05) is 20.4 Å². The van der Waals surface area contributed by atoms with Crippen LogP contribution >= 0.6 is 0 Å². The summed E-state index contributed by atoms with van der Waals surface area (Å²) in [6.45, 7) is 2.83. The molecule has 0 heterocycles. The minimum Gasteiger partial charge on any atom is -0.459 e. The monoisotopic (exact) mass is 383 g/mol. The van der Waals surface area contributed by atoms with Gasteiger partial charge in [-0.3, -0.25) is 9.59 Å². The number of benzene rings is 2. The molecular weight excluding hydrogens is 358 g/mol. The molecule has 0 aromatic heterocycles. The highest BCUT2D eigenvalue weighted by Gasteiger charge is 2.32. The van der Waals surface area contributed by atoms with Crippen LogP contribution in [0.2, 0.25) is 0 Å². The average Bonchev–Trinajstić information content (AvgIpc) is 2.70. The number of rotatable bonds is 8. The molecule has 0 aliphatic rings. The van der Waals surface area contributed by atoms with Crippen LogP contribution in [0.4, 0.5) is 0 Å². The second kappa shape index (κ2) is 10.3. The Labute approximate surface area is 165 Å². The summed E-state index contributed by atoms with van der Waals surface area (Å²) in [5.41, 5.74) is 1.75. The second-order valence-electron chi connectivity index (χ2n) is 6.50. The van der Waals surface area contributed by atoms with Crippen molar-refractivity contribution in [2.24, 2.45) is 0 Å². The zero-order valence-corrected chi connectivity index (χ0v) is 16.3. The first kappa shape index (κ1) is 21.2. The van der Waals surface area contributed by atoms with Gasteiger partial charge in [0.25, 0.3) is 5.91 Å². The van der Waals surface area contributed by atoms with E-state index < -0.39 is 30.0 Å². The summed E-state index contributed by atoms with van der Waals surface area (Å²) in [6, 6.07) is 17.9. The topological polar surface area (TPSA) is 72.9 Å². The van der Waals surface area contributed by atoms with Gasteiger partial charge in [0.05, 0.1) is 0 Å². The van der Waals surface area contributed by atoms with Crippen LogP contribution < -0.4 is 0 Å². The highest BCUT2D eigenvalue weighted by atomic mass is 16.5. The maximum Gasteiger partial charge on any atom is 0.329 e. The summed E-state index contributed by atoms with van der Waals surface area (Å²) in [5, 5.41) is 0. The number of carbonyl (C=O) groups excluding carboxylic acids is 3. The second-order valence-corrected chi connectivity index (χ2v) is 6.50. The van der Waals surface area contributed by atoms with Gasteiger partial charge in [0.15, 0.2) is 6.10 Å². The largest absolute Gasteiger partial charge is 0.459 e. The first-order chi connectivity index (χ1) is 13.4. The van der Waals surface area contributed by atoms with Crippen molar-refractivity contribution in [3.05, 3.63) is 71.8 Å². The molecular formula is C22H25NO5. The Bertz CT molecular complexity index is 791. The Morgan fingerprint density at radius 1 is 0.929 bits per heavy atom. The predicted octanol–water partition coefficient (Wildman–Crippen LogP) is 2.75. The van der Waals surface area contributed by atoms with E-state index in [-0.39, 0.29) is 6.61 Å². The zero-order valence-electron chi connectivity index (χ0n) is 16.3. The lowest BCUT2D eigenvalue weighted by Crippen LogP contribution is -2.48. The molecule has 0 bridgehead atoms. The maximum absolute atomic E-state index is 12.8. The lowest BCUT2D eigenvalue weighted by Gasteiger charge is -2.28. The van der Waals surface area contributed by atoms with E-state index in [1.807, 2.05) is 60.7 Å². The van der Waals surface area contributed by atoms with E-state index in [1.54, 1.807) is 0 Å². The van der Waals surface area contributed by atoms with Crippen LogP contribution in [0.1, 0.15) is 25.0 Å². The SMILES string of the molecule is CC(=O)O[C@@H](C)C(=O)N(C)[C@@H](Cc1ccccc1)C(=O)OCc1ccccc1. The molecule has 0 unspecified atom stereocenters. The fraction of sp³-hybridized carbons (Fsp3) is 0.318. The number of hydrogen-bond donors (Lipinski definition) is 0. The van der Waals surface area contributed by atoms with Crippen LogP contribution in [0.25, 0.3) is 0 Å². The third-order valence-electron chi connectivity index (χ3n) is 4.27. The van der Waals surface area contributed by atoms with Gasteiger partial charge in [-0.2, -0.15) is 0 Å². The Morgan fingerprint density at radius 2 is 1.46 bits per heavy atom. The molecule has 2 aromatic carbocycles. The van der Waals surface area contributed by atoms with Crippen LogP contribution in [0.5, 0.6) is 0 Å². The van der Waals surface area contributed by atoms with Gasteiger partial charge in [0.2, 0.25) is 0 Å². The van der Waals surface area contributed by atoms with Crippen molar-refractivity contribution < 1.29 is 23.9 Å². The summed E-state index contributed by atoms with van der Waals surface area (Å²) >= 11 is 0. The van der Waals surface area contributed by atoms with Crippen LogP contribution in [0.15, 0.2) is 60.7 Å². The predicted molar refractivity (Wildman–Crippen MR) is 104 cm³/mol. The molecule has 2 aromatic rings. The molecule has 6 nitrogen and oxygen atoms in total. The van der Waals surface area contributed by atoms with Crippen molar-refractivity contribution in [3.63, 3.8) is 0 Å². The molecule has 0 aliphatic heterocycles. The van der Waals surface area contributed by atoms with Gasteiger partial charge in [0.1, 0.15) is 12.6 Å². The van der Waals surface area contributed by atoms with E-state index in [0.29, 0.717) is 6.42 Å². The molecule has 0 N–H and O–H groups in total. The van der Waals surface area contributed by atoms with Crippen LogP contribution in [0.3, 0.4) is 0 Å². The molecule has 0 radical (unpaired) electrons. The lowest BCUT2D eigenvalue weighted by molar-refractivity contribution is -0.162. The van der Waals surface area contributed by atoms with E-state index in [2.05, 4.69) is 0 Å². The average molecular weight is 383 g/mol. The summed E-state index contributed by atoms with van der Waals surface area (Å²) in [6.07, 6.45) is -0.688. The minimum atomic E-state index is -0.984. The van der Waals surface area contributed by atoms with Crippen LogP contribution in [-0.4, -0.2) is 41.9 Å². The number of esters is 2. The smallest absolute Gasteiger partial charge is 0.329 e. The fourth-order valence-corrected chi connectivity index (χ4v) is 2.78. The van der Waals surface area contributed by atoms with Crippen molar-refractivity contribution in [1.82, 2.24) is 4.90 Å². The summed E-state index contributed by atoms with van der Waals surface area (Å²) in [7, 11) is 1.51. The standard InChI is InChI=1S/C22H25NO5/c1-16(28-17(2)24)21(25)23(3)20(14-18-10-6-4-7-11-18)22(26)27-15-19-12-8-5-9-13-19/h4-13,16,20H,14-15H2,1-3H3/t16-,20-/m0/s1. The molecule has 0 saturated heterocycles. The molecule has 0 saturated carbocycles. The Hall–Kier alpha value is -3.15. The highest BCUT2D eigenvalue weighted by molar-refractivity contribution is 5.88. The molecule has 1 amide bonds. The van der Waals surface area contributed by atoms with E-state index in [4.69, 9.17) is 9.47 Å².